The van der Waals surface area contributed by atoms with Gasteiger partial charge in [-0.15, -0.1) is 0 Å². The van der Waals surface area contributed by atoms with Gasteiger partial charge in [0, 0.05) is 18.0 Å². The predicted molar refractivity (Wildman–Crippen MR) is 79.8 cm³/mol. The Morgan fingerprint density at radius 2 is 2.17 bits per heavy atom. The van der Waals surface area contributed by atoms with Crippen LogP contribution in [0.25, 0.3) is 5.70 Å². The zero-order valence-corrected chi connectivity index (χ0v) is 12.2. The van der Waals surface area contributed by atoms with E-state index in [4.69, 9.17) is 5.73 Å². The van der Waals surface area contributed by atoms with Crippen molar-refractivity contribution in [2.45, 2.75) is 38.6 Å². The molecule has 1 fully saturated rings. The Morgan fingerprint density at radius 3 is 2.83 bits per heavy atom. The highest BCUT2D eigenvalue weighted by Crippen LogP contribution is 2.22. The van der Waals surface area contributed by atoms with Crippen molar-refractivity contribution in [2.24, 2.45) is 10.7 Å². The number of allylic oxidation sites excluding steroid dienone is 1. The van der Waals surface area contributed by atoms with Crippen molar-refractivity contribution < 1.29 is 0 Å². The quantitative estimate of drug-likeness (QED) is 0.870. The third-order valence-corrected chi connectivity index (χ3v) is 3.78. The van der Waals surface area contributed by atoms with Crippen LogP contribution in [0.4, 0.5) is 0 Å². The lowest BCUT2D eigenvalue weighted by molar-refractivity contribution is 0.710. The normalized spacial score (nSPS) is 18.3. The summed E-state index contributed by atoms with van der Waals surface area (Å²) < 4.78 is 0.813. The second-order valence-electron chi connectivity index (χ2n) is 4.64. The summed E-state index contributed by atoms with van der Waals surface area (Å²) in [6.45, 7) is 1.96. The maximum atomic E-state index is 6.07. The van der Waals surface area contributed by atoms with Gasteiger partial charge >= 0.3 is 0 Å². The van der Waals surface area contributed by atoms with E-state index in [-0.39, 0.29) is 0 Å². The lowest BCUT2D eigenvalue weighted by Gasteiger charge is -2.04. The number of rotatable bonds is 3. The second-order valence-corrected chi connectivity index (χ2v) is 5.50. The van der Waals surface area contributed by atoms with Crippen LogP contribution in [0.1, 0.15) is 37.1 Å². The topological polar surface area (TPSA) is 51.3 Å². The molecule has 1 aliphatic rings. The van der Waals surface area contributed by atoms with Crippen LogP contribution in [-0.2, 0) is 0 Å². The molecule has 0 aromatic carbocycles. The van der Waals surface area contributed by atoms with Gasteiger partial charge in [0.15, 0.2) is 0 Å². The molecule has 0 unspecified atom stereocenters. The zero-order chi connectivity index (χ0) is 13.0. The van der Waals surface area contributed by atoms with Crippen LogP contribution >= 0.6 is 15.9 Å². The van der Waals surface area contributed by atoms with E-state index < -0.39 is 0 Å². The van der Waals surface area contributed by atoms with Gasteiger partial charge in [-0.2, -0.15) is 0 Å². The maximum Gasteiger partial charge on any atom is 0.0874 e. The summed E-state index contributed by atoms with van der Waals surface area (Å²) in [6, 6.07) is 6.29. The molecule has 1 saturated carbocycles. The molecule has 4 heteroatoms. The Hall–Kier alpha value is -1.16. The monoisotopic (exact) mass is 307 g/mol. The number of hydrogen-bond donors (Lipinski definition) is 1. The Balaban J connectivity index is 2.13. The average Bonchev–Trinajstić information content (AvgIpc) is 2.88. The minimum Gasteiger partial charge on any atom is -0.396 e. The van der Waals surface area contributed by atoms with Gasteiger partial charge in [0.05, 0.1) is 15.9 Å². The lowest BCUT2D eigenvalue weighted by Crippen LogP contribution is -2.04. The highest BCUT2D eigenvalue weighted by atomic mass is 79.9. The van der Waals surface area contributed by atoms with Crippen molar-refractivity contribution in [1.82, 2.24) is 4.98 Å². The first-order chi connectivity index (χ1) is 8.66. The van der Waals surface area contributed by atoms with Crippen LogP contribution < -0.4 is 5.73 Å². The number of aliphatic imine (C=N–C) groups is 1. The Morgan fingerprint density at radius 1 is 1.44 bits per heavy atom. The van der Waals surface area contributed by atoms with E-state index in [1.54, 1.807) is 0 Å². The fraction of sp³-hybridized carbons (Fsp3) is 0.429. The molecule has 2 rings (SSSR count). The van der Waals surface area contributed by atoms with E-state index in [9.17, 15) is 0 Å². The van der Waals surface area contributed by atoms with Crippen LogP contribution in [0.3, 0.4) is 0 Å². The van der Waals surface area contributed by atoms with Gasteiger partial charge in [-0.25, -0.2) is 0 Å². The van der Waals surface area contributed by atoms with E-state index in [0.29, 0.717) is 11.7 Å². The highest BCUT2D eigenvalue weighted by molar-refractivity contribution is 9.12. The van der Waals surface area contributed by atoms with Crippen LogP contribution in [-0.4, -0.2) is 17.2 Å². The first kappa shape index (κ1) is 13.3. The molecule has 2 N–H and O–H groups in total. The lowest BCUT2D eigenvalue weighted by atomic mass is 10.2. The molecule has 0 saturated heterocycles. The number of aryl methyl sites for hydroxylation is 1. The summed E-state index contributed by atoms with van der Waals surface area (Å²) in [5.41, 5.74) is 8.46. The molecular formula is C14H18BrN3. The van der Waals surface area contributed by atoms with E-state index >= 15 is 0 Å². The minimum atomic E-state index is 0.468. The number of aromatic nitrogens is 1. The fourth-order valence-corrected chi connectivity index (χ4v) is 2.43. The maximum absolute atomic E-state index is 6.07. The van der Waals surface area contributed by atoms with Crippen LogP contribution in [0.2, 0.25) is 0 Å². The number of nitrogens with zero attached hydrogens (tertiary/aromatic N) is 2. The zero-order valence-electron chi connectivity index (χ0n) is 10.6. The van der Waals surface area contributed by atoms with E-state index in [1.807, 2.05) is 31.3 Å². The third-order valence-electron chi connectivity index (χ3n) is 3.14. The molecule has 0 atom stereocenters. The van der Waals surface area contributed by atoms with Gasteiger partial charge < -0.3 is 5.73 Å². The summed E-state index contributed by atoms with van der Waals surface area (Å²) in [5.74, 6) is 0. The van der Waals surface area contributed by atoms with Crippen molar-refractivity contribution in [3.05, 3.63) is 34.1 Å². The van der Waals surface area contributed by atoms with Crippen LogP contribution in [0, 0.1) is 6.92 Å². The molecule has 3 nitrogen and oxygen atoms in total. The summed E-state index contributed by atoms with van der Waals surface area (Å²) in [7, 11) is 0. The summed E-state index contributed by atoms with van der Waals surface area (Å²) >= 11 is 3.48. The number of pyridine rings is 1. The number of halogens is 1. The van der Waals surface area contributed by atoms with Gasteiger partial charge in [0.25, 0.3) is 0 Å². The van der Waals surface area contributed by atoms with Gasteiger partial charge in [0.1, 0.15) is 0 Å². The molecule has 0 amide bonds. The summed E-state index contributed by atoms with van der Waals surface area (Å²) in [6.07, 6.45) is 6.80. The molecule has 0 spiro atoms. The number of nitrogens with two attached hydrogens (primary N) is 1. The molecule has 96 valence electrons. The minimum absolute atomic E-state index is 0.468. The van der Waals surface area contributed by atoms with E-state index in [1.165, 1.54) is 25.7 Å². The highest BCUT2D eigenvalue weighted by Gasteiger charge is 2.12. The molecule has 1 aliphatic carbocycles. The van der Waals surface area contributed by atoms with Crippen molar-refractivity contribution in [3.63, 3.8) is 0 Å². The van der Waals surface area contributed by atoms with Crippen molar-refractivity contribution in [1.29, 1.82) is 0 Å². The molecule has 0 aliphatic heterocycles. The molecule has 18 heavy (non-hydrogen) atoms. The molecular weight excluding hydrogens is 290 g/mol. The average molecular weight is 308 g/mol. The largest absolute Gasteiger partial charge is 0.396 e. The molecule has 0 bridgehead atoms. The van der Waals surface area contributed by atoms with Crippen LogP contribution in [0.15, 0.2) is 27.7 Å². The molecule has 1 aromatic heterocycles. The van der Waals surface area contributed by atoms with Gasteiger partial charge in [-0.3, -0.25) is 9.98 Å². The summed E-state index contributed by atoms with van der Waals surface area (Å²) in [4.78, 5) is 8.95. The third kappa shape index (κ3) is 3.42. The van der Waals surface area contributed by atoms with Gasteiger partial charge in [-0.05, 0) is 47.8 Å². The molecule has 1 aromatic rings. The molecule has 1 heterocycles. The van der Waals surface area contributed by atoms with Crippen molar-refractivity contribution in [2.75, 3.05) is 0 Å². The first-order valence-corrected chi connectivity index (χ1v) is 7.08. The van der Waals surface area contributed by atoms with Crippen molar-refractivity contribution in [3.8, 4) is 0 Å². The number of hydrogen-bond acceptors (Lipinski definition) is 3. The van der Waals surface area contributed by atoms with Gasteiger partial charge in [-0.1, -0.05) is 18.9 Å². The summed E-state index contributed by atoms with van der Waals surface area (Å²) in [5, 5.41) is 0. The standard InChI is InChI=1S/C14H18BrN3/c1-10-5-4-8-13(18-10)14(16)12(15)9-17-11-6-2-3-7-11/h4-5,8-9,11H,2-3,6-7,16H2,1H3. The Kier molecular flexibility index (Phi) is 4.53. The fourth-order valence-electron chi connectivity index (χ4n) is 2.11. The first-order valence-electron chi connectivity index (χ1n) is 6.29. The predicted octanol–water partition coefficient (Wildman–Crippen LogP) is 3.43. The van der Waals surface area contributed by atoms with E-state index in [0.717, 1.165) is 15.9 Å². The Labute approximate surface area is 116 Å². The van der Waals surface area contributed by atoms with Crippen molar-refractivity contribution >= 4 is 27.8 Å². The van der Waals surface area contributed by atoms with Gasteiger partial charge in [0.2, 0.25) is 0 Å². The van der Waals surface area contributed by atoms with Crippen LogP contribution in [0.5, 0.6) is 0 Å². The van der Waals surface area contributed by atoms with E-state index in [2.05, 4.69) is 25.9 Å². The smallest absolute Gasteiger partial charge is 0.0874 e. The SMILES string of the molecule is Cc1cccc(C(N)=C(Br)C=NC2CCCC2)n1. The molecule has 0 radical (unpaired) electrons. The second kappa shape index (κ2) is 6.14. The Bertz CT molecular complexity index is 474.